The summed E-state index contributed by atoms with van der Waals surface area (Å²) in [5.74, 6) is 0.520. The second-order valence-corrected chi connectivity index (χ2v) is 11.5. The highest BCUT2D eigenvalue weighted by molar-refractivity contribution is 7.92. The highest BCUT2D eigenvalue weighted by Gasteiger charge is 2.30. The molecule has 0 atom stereocenters. The molecule has 190 valence electrons. The lowest BCUT2D eigenvalue weighted by atomic mass is 10.2. The van der Waals surface area contributed by atoms with Crippen LogP contribution in [0.1, 0.15) is 13.8 Å². The number of nitrogens with zero attached hydrogens (tertiary/aromatic N) is 5. The minimum atomic E-state index is -4.19. The van der Waals surface area contributed by atoms with Gasteiger partial charge in [-0.2, -0.15) is 4.98 Å². The van der Waals surface area contributed by atoms with Crippen molar-refractivity contribution in [1.29, 1.82) is 0 Å². The largest absolute Gasteiger partial charge is 0.343 e. The van der Waals surface area contributed by atoms with Crippen LogP contribution in [0.2, 0.25) is 0 Å². The molecule has 1 aliphatic heterocycles. The maximum absolute atomic E-state index is 12.7. The van der Waals surface area contributed by atoms with Crippen LogP contribution < -0.4 is 25.0 Å². The SMILES string of the molecule is CC(C)N1CC(=O)N(C)c2cnc(Nc3cc(NS(=O)(=O)c4cccnc4)cc(S(N)(=O)=O)c3)nc21. The number of nitrogens with two attached hydrogens (primary N) is 1. The molecule has 4 N–H and O–H groups in total. The summed E-state index contributed by atoms with van der Waals surface area (Å²) in [5.41, 5.74) is 0.635. The van der Waals surface area contributed by atoms with Crippen LogP contribution in [0.3, 0.4) is 0 Å². The molecule has 0 fully saturated rings. The summed E-state index contributed by atoms with van der Waals surface area (Å²) >= 11 is 0. The molecule has 2 aromatic heterocycles. The summed E-state index contributed by atoms with van der Waals surface area (Å²) in [6.07, 6.45) is 4.07. The van der Waals surface area contributed by atoms with Gasteiger partial charge >= 0.3 is 0 Å². The van der Waals surface area contributed by atoms with Gasteiger partial charge in [-0.1, -0.05) is 0 Å². The van der Waals surface area contributed by atoms with Crippen LogP contribution in [-0.2, 0) is 24.8 Å². The van der Waals surface area contributed by atoms with Gasteiger partial charge in [-0.05, 0) is 44.2 Å². The third-order valence-corrected chi connectivity index (χ3v) is 7.63. The van der Waals surface area contributed by atoms with E-state index in [-0.39, 0.29) is 45.6 Å². The van der Waals surface area contributed by atoms with Crippen LogP contribution in [0.4, 0.5) is 28.8 Å². The molecule has 1 aliphatic rings. The van der Waals surface area contributed by atoms with Crippen molar-refractivity contribution in [2.45, 2.75) is 29.7 Å². The molecular formula is C21H24N8O5S2. The quantitative estimate of drug-likeness (QED) is 0.401. The lowest BCUT2D eigenvalue weighted by Crippen LogP contribution is -2.47. The number of hydrogen-bond acceptors (Lipinski definition) is 10. The zero-order chi connectivity index (χ0) is 26.3. The predicted octanol–water partition coefficient (Wildman–Crippen LogP) is 1.25. The molecular weight excluding hydrogens is 508 g/mol. The molecule has 3 heterocycles. The molecule has 15 heteroatoms. The molecule has 0 aliphatic carbocycles. The Bertz CT molecular complexity index is 1530. The standard InChI is InChI=1S/C21H24N8O5S2/c1-13(2)29-12-19(30)28(3)18-11-24-21(26-20(18)29)25-14-7-15(9-17(8-14)35(22,31)32)27-36(33,34)16-5-4-6-23-10-16/h4-11,13,27H,12H2,1-3H3,(H2,22,31,32)(H,24,25,26). The maximum Gasteiger partial charge on any atom is 0.263 e. The second-order valence-electron chi connectivity index (χ2n) is 8.29. The van der Waals surface area contributed by atoms with E-state index in [9.17, 15) is 21.6 Å². The fourth-order valence-electron chi connectivity index (χ4n) is 3.51. The summed E-state index contributed by atoms with van der Waals surface area (Å²) in [4.78, 5) is 27.7. The molecule has 1 aromatic carbocycles. The van der Waals surface area contributed by atoms with Gasteiger partial charge in [0.2, 0.25) is 21.9 Å². The fraction of sp³-hybridized carbons (Fsp3) is 0.238. The molecule has 0 saturated carbocycles. The number of fused-ring (bicyclic) bond motifs is 1. The second kappa shape index (κ2) is 9.33. The average Bonchev–Trinajstić information content (AvgIpc) is 2.81. The smallest absolute Gasteiger partial charge is 0.263 e. The Kier molecular flexibility index (Phi) is 6.55. The molecule has 0 bridgehead atoms. The number of carbonyl (C=O) groups is 1. The lowest BCUT2D eigenvalue weighted by molar-refractivity contribution is -0.117. The van der Waals surface area contributed by atoms with Gasteiger partial charge in [0.15, 0.2) is 5.82 Å². The topological polar surface area (TPSA) is 181 Å². The first kappa shape index (κ1) is 25.3. The Morgan fingerprint density at radius 2 is 1.78 bits per heavy atom. The van der Waals surface area contributed by atoms with Crippen molar-refractivity contribution in [3.05, 3.63) is 48.9 Å². The average molecular weight is 533 g/mol. The van der Waals surface area contributed by atoms with E-state index in [0.29, 0.717) is 11.5 Å². The zero-order valence-electron chi connectivity index (χ0n) is 19.6. The molecule has 0 saturated heterocycles. The highest BCUT2D eigenvalue weighted by atomic mass is 32.2. The molecule has 1 amide bonds. The predicted molar refractivity (Wildman–Crippen MR) is 134 cm³/mol. The third kappa shape index (κ3) is 5.22. The monoisotopic (exact) mass is 532 g/mol. The first-order chi connectivity index (χ1) is 16.8. The molecule has 0 radical (unpaired) electrons. The Morgan fingerprint density at radius 3 is 2.42 bits per heavy atom. The van der Waals surface area contributed by atoms with E-state index >= 15 is 0 Å². The molecule has 0 spiro atoms. The third-order valence-electron chi connectivity index (χ3n) is 5.37. The van der Waals surface area contributed by atoms with E-state index in [1.54, 1.807) is 7.05 Å². The van der Waals surface area contributed by atoms with Crippen LogP contribution in [0.25, 0.3) is 0 Å². The van der Waals surface area contributed by atoms with Crippen LogP contribution in [-0.4, -0.2) is 57.3 Å². The van der Waals surface area contributed by atoms with Crippen LogP contribution in [0.15, 0.2) is 58.7 Å². The van der Waals surface area contributed by atoms with Crippen molar-refractivity contribution in [1.82, 2.24) is 15.0 Å². The number of anilines is 5. The minimum absolute atomic E-state index is 0.0247. The number of amides is 1. The zero-order valence-corrected chi connectivity index (χ0v) is 21.2. The van der Waals surface area contributed by atoms with Crippen molar-refractivity contribution in [3.63, 3.8) is 0 Å². The lowest BCUT2D eigenvalue weighted by Gasteiger charge is -2.36. The van der Waals surface area contributed by atoms with E-state index in [0.717, 1.165) is 12.3 Å². The van der Waals surface area contributed by atoms with Crippen LogP contribution in [0, 0.1) is 0 Å². The van der Waals surface area contributed by atoms with Gasteiger partial charge in [0.05, 0.1) is 23.3 Å². The number of primary sulfonamides is 1. The fourth-order valence-corrected chi connectivity index (χ4v) is 5.09. The van der Waals surface area contributed by atoms with E-state index < -0.39 is 20.0 Å². The molecule has 13 nitrogen and oxygen atoms in total. The highest BCUT2D eigenvalue weighted by Crippen LogP contribution is 2.33. The summed E-state index contributed by atoms with van der Waals surface area (Å²) in [6.45, 7) is 3.99. The van der Waals surface area contributed by atoms with Gasteiger partial charge in [-0.3, -0.25) is 14.5 Å². The molecule has 3 aromatic rings. The van der Waals surface area contributed by atoms with Gasteiger partial charge in [-0.15, -0.1) is 0 Å². The first-order valence-corrected chi connectivity index (χ1v) is 13.7. The van der Waals surface area contributed by atoms with Gasteiger partial charge in [0.1, 0.15) is 10.6 Å². The Hall–Kier alpha value is -3.82. The molecule has 36 heavy (non-hydrogen) atoms. The van der Waals surface area contributed by atoms with Crippen LogP contribution >= 0.6 is 0 Å². The van der Waals surface area contributed by atoms with E-state index in [1.165, 1.54) is 41.6 Å². The van der Waals surface area contributed by atoms with Crippen molar-refractivity contribution in [3.8, 4) is 0 Å². The van der Waals surface area contributed by atoms with Gasteiger partial charge in [0.25, 0.3) is 10.0 Å². The summed E-state index contributed by atoms with van der Waals surface area (Å²) in [7, 11) is -6.61. The number of aromatic nitrogens is 3. The molecule has 4 rings (SSSR count). The van der Waals surface area contributed by atoms with Crippen molar-refractivity contribution >= 4 is 54.8 Å². The minimum Gasteiger partial charge on any atom is -0.343 e. The Balaban J connectivity index is 1.72. The normalized spacial score (nSPS) is 14.1. The number of likely N-dealkylation sites (N-methyl/N-ethyl adjacent to an activating group) is 1. The van der Waals surface area contributed by atoms with Crippen LogP contribution in [0.5, 0.6) is 0 Å². The van der Waals surface area contributed by atoms with E-state index in [1.807, 2.05) is 18.7 Å². The van der Waals surface area contributed by atoms with Gasteiger partial charge in [-0.25, -0.2) is 27.0 Å². The first-order valence-electron chi connectivity index (χ1n) is 10.6. The van der Waals surface area contributed by atoms with Gasteiger partial charge in [0, 0.05) is 31.2 Å². The van der Waals surface area contributed by atoms with Crippen molar-refractivity contribution < 1.29 is 21.6 Å². The summed E-state index contributed by atoms with van der Waals surface area (Å²) < 4.78 is 52.0. The Labute approximate surface area is 208 Å². The maximum atomic E-state index is 12.7. The summed E-state index contributed by atoms with van der Waals surface area (Å²) in [5, 5.41) is 8.21. The molecule has 0 unspecified atom stereocenters. The van der Waals surface area contributed by atoms with Gasteiger partial charge < -0.3 is 15.1 Å². The number of carbonyl (C=O) groups excluding carboxylic acids is 1. The number of sulfonamides is 2. The number of hydrogen-bond donors (Lipinski definition) is 3. The number of benzene rings is 1. The summed E-state index contributed by atoms with van der Waals surface area (Å²) in [6, 6.07) is 6.49. The number of pyridine rings is 1. The van der Waals surface area contributed by atoms with E-state index in [4.69, 9.17) is 5.14 Å². The Morgan fingerprint density at radius 1 is 1.06 bits per heavy atom. The van der Waals surface area contributed by atoms with Crippen molar-refractivity contribution in [2.24, 2.45) is 5.14 Å². The number of rotatable bonds is 7. The number of nitrogens with one attached hydrogen (secondary N) is 2. The van der Waals surface area contributed by atoms with E-state index in [2.05, 4.69) is 25.0 Å². The van der Waals surface area contributed by atoms with Crippen molar-refractivity contribution in [2.75, 3.05) is 33.4 Å².